The van der Waals surface area contributed by atoms with E-state index in [0.717, 1.165) is 0 Å². The van der Waals surface area contributed by atoms with Gasteiger partial charge in [-0.15, -0.1) is 0 Å². The Labute approximate surface area is 211 Å². The average Bonchev–Trinajstić information content (AvgIpc) is 2.79. The highest BCUT2D eigenvalue weighted by molar-refractivity contribution is 5.95. The maximum Gasteiger partial charge on any atom is 0.243 e. The first-order valence-electron chi connectivity index (χ1n) is 11.9. The van der Waals surface area contributed by atoms with E-state index in [1.54, 1.807) is 20.8 Å². The molecule has 0 aliphatic heterocycles. The lowest BCUT2D eigenvalue weighted by Crippen LogP contribution is -2.60. The van der Waals surface area contributed by atoms with Crippen LogP contribution in [0.15, 0.2) is 0 Å². The number of nitrogens with two attached hydrogens (primary N) is 2. The van der Waals surface area contributed by atoms with Gasteiger partial charge in [-0.3, -0.25) is 28.8 Å². The van der Waals surface area contributed by atoms with Gasteiger partial charge in [-0.1, -0.05) is 34.1 Å². The van der Waals surface area contributed by atoms with Crippen molar-refractivity contribution in [2.75, 3.05) is 0 Å². The summed E-state index contributed by atoms with van der Waals surface area (Å²) >= 11 is 0. The van der Waals surface area contributed by atoms with Gasteiger partial charge in [0.15, 0.2) is 0 Å². The molecule has 13 nitrogen and oxygen atoms in total. The van der Waals surface area contributed by atoms with Crippen molar-refractivity contribution in [3.05, 3.63) is 0 Å². The van der Waals surface area contributed by atoms with Crippen LogP contribution in [0.3, 0.4) is 0 Å². The van der Waals surface area contributed by atoms with Gasteiger partial charge in [0.2, 0.25) is 35.4 Å². The van der Waals surface area contributed by atoms with Gasteiger partial charge in [0.25, 0.3) is 0 Å². The molecule has 0 rings (SSSR count). The molecule has 36 heavy (non-hydrogen) atoms. The quantitative estimate of drug-likeness (QED) is 0.125. The molecule has 0 bridgehead atoms. The van der Waals surface area contributed by atoms with Crippen LogP contribution in [0.1, 0.15) is 66.7 Å². The van der Waals surface area contributed by atoms with Crippen molar-refractivity contribution in [1.29, 1.82) is 0 Å². The van der Waals surface area contributed by atoms with E-state index in [9.17, 15) is 33.6 Å². The van der Waals surface area contributed by atoms with Crippen LogP contribution in [0.2, 0.25) is 0 Å². The smallest absolute Gasteiger partial charge is 0.243 e. The third kappa shape index (κ3) is 11.8. The van der Waals surface area contributed by atoms with Crippen LogP contribution in [0, 0.1) is 11.8 Å². The molecular formula is C23H40N6O7. The van der Waals surface area contributed by atoms with E-state index >= 15 is 0 Å². The fourth-order valence-electron chi connectivity index (χ4n) is 3.34. The summed E-state index contributed by atoms with van der Waals surface area (Å²) in [6.45, 7) is 8.14. The molecule has 0 aromatic carbocycles. The number of nitrogens with one attached hydrogen (secondary N) is 4. The van der Waals surface area contributed by atoms with Gasteiger partial charge in [-0.2, -0.15) is 0 Å². The van der Waals surface area contributed by atoms with Crippen LogP contribution in [0.5, 0.6) is 0 Å². The number of carbonyl (C=O) groups is 7. The Morgan fingerprint density at radius 2 is 1.31 bits per heavy atom. The van der Waals surface area contributed by atoms with E-state index in [4.69, 9.17) is 11.5 Å². The second kappa shape index (κ2) is 16.2. The fourth-order valence-corrected chi connectivity index (χ4v) is 3.34. The van der Waals surface area contributed by atoms with Crippen LogP contribution in [-0.4, -0.2) is 65.9 Å². The number of hydrogen-bond acceptors (Lipinski definition) is 7. The lowest BCUT2D eigenvalue weighted by Gasteiger charge is -2.29. The molecule has 204 valence electrons. The molecule has 0 spiro atoms. The molecule has 8 N–H and O–H groups in total. The van der Waals surface area contributed by atoms with Crippen LogP contribution in [0.4, 0.5) is 0 Å². The molecule has 13 heteroatoms. The van der Waals surface area contributed by atoms with E-state index in [-0.39, 0.29) is 37.5 Å². The van der Waals surface area contributed by atoms with Gasteiger partial charge in [-0.25, -0.2) is 0 Å². The van der Waals surface area contributed by atoms with Gasteiger partial charge in [0.05, 0.1) is 0 Å². The molecule has 0 saturated carbocycles. The number of amides is 6. The first-order chi connectivity index (χ1) is 16.7. The minimum atomic E-state index is -1.27. The number of hydrogen-bond donors (Lipinski definition) is 6. The molecule has 0 radical (unpaired) electrons. The zero-order chi connectivity index (χ0) is 28.0. The molecular weight excluding hydrogens is 472 g/mol. The highest BCUT2D eigenvalue weighted by Crippen LogP contribution is 2.11. The first-order valence-corrected chi connectivity index (χ1v) is 11.9. The topological polar surface area (TPSA) is 220 Å². The van der Waals surface area contributed by atoms with E-state index < -0.39 is 59.6 Å². The van der Waals surface area contributed by atoms with E-state index in [0.29, 0.717) is 12.7 Å². The van der Waals surface area contributed by atoms with Crippen molar-refractivity contribution in [1.82, 2.24) is 21.3 Å². The largest absolute Gasteiger partial charge is 0.370 e. The third-order valence-corrected chi connectivity index (χ3v) is 5.64. The zero-order valence-electron chi connectivity index (χ0n) is 21.6. The maximum atomic E-state index is 13.1. The molecule has 0 aliphatic rings. The van der Waals surface area contributed by atoms with Crippen molar-refractivity contribution in [3.63, 3.8) is 0 Å². The average molecular weight is 513 g/mol. The molecule has 0 fully saturated rings. The predicted octanol–water partition coefficient (Wildman–Crippen LogP) is -1.62. The maximum absolute atomic E-state index is 13.1. The Bertz CT molecular complexity index is 817. The summed E-state index contributed by atoms with van der Waals surface area (Å²) in [7, 11) is 0. The van der Waals surface area contributed by atoms with E-state index in [1.807, 2.05) is 6.92 Å². The Hall–Kier alpha value is -3.51. The van der Waals surface area contributed by atoms with Gasteiger partial charge in [0, 0.05) is 19.8 Å². The Balaban J connectivity index is 5.80. The van der Waals surface area contributed by atoms with Gasteiger partial charge in [0.1, 0.15) is 30.5 Å². The normalized spacial score (nSPS) is 14.9. The third-order valence-electron chi connectivity index (χ3n) is 5.64. The minimum Gasteiger partial charge on any atom is -0.370 e. The summed E-state index contributed by atoms with van der Waals surface area (Å²) < 4.78 is 0. The number of rotatable bonds is 17. The fraction of sp³-hybridized carbons (Fsp3) is 0.696. The summed E-state index contributed by atoms with van der Waals surface area (Å²) in [5.41, 5.74) is 10.6. The number of primary amides is 2. The summed E-state index contributed by atoms with van der Waals surface area (Å²) in [6.07, 6.45) is 0.665. The van der Waals surface area contributed by atoms with Crippen LogP contribution in [0.25, 0.3) is 0 Å². The molecule has 6 amide bonds. The second-order valence-electron chi connectivity index (χ2n) is 9.07. The molecule has 0 heterocycles. The molecule has 5 unspecified atom stereocenters. The zero-order valence-corrected chi connectivity index (χ0v) is 21.6. The Morgan fingerprint density at radius 3 is 1.75 bits per heavy atom. The minimum absolute atomic E-state index is 0.000674. The monoisotopic (exact) mass is 512 g/mol. The molecule has 0 aromatic heterocycles. The lowest BCUT2D eigenvalue weighted by atomic mass is 9.96. The van der Waals surface area contributed by atoms with E-state index in [1.165, 1.54) is 6.92 Å². The van der Waals surface area contributed by atoms with Crippen molar-refractivity contribution < 1.29 is 33.6 Å². The van der Waals surface area contributed by atoms with Gasteiger partial charge < -0.3 is 37.5 Å². The molecule has 0 saturated heterocycles. The summed E-state index contributed by atoms with van der Waals surface area (Å²) in [5, 5.41) is 10.0. The Morgan fingerprint density at radius 1 is 0.778 bits per heavy atom. The van der Waals surface area contributed by atoms with Crippen LogP contribution < -0.4 is 32.7 Å². The molecule has 0 aliphatic carbocycles. The standard InChI is InChI=1S/C23H40N6O7/c1-6-13(4)19(23(36)28-18(12(2)3)20(25)33)29-22(35)16(9-10-17(24)32)27-21(34)15(8-7-11-30)26-14(5)31/h11-13,15-16,18-19H,6-10H2,1-5H3,(H2,24,32)(H2,25,33)(H,26,31)(H,27,34)(H,28,36)(H,29,35). The summed E-state index contributed by atoms with van der Waals surface area (Å²) in [6, 6.07) is -4.39. The van der Waals surface area contributed by atoms with Crippen LogP contribution in [-0.2, 0) is 33.6 Å². The first kappa shape index (κ1) is 32.5. The molecule has 0 aromatic rings. The predicted molar refractivity (Wildman–Crippen MR) is 131 cm³/mol. The second-order valence-corrected chi connectivity index (χ2v) is 9.07. The summed E-state index contributed by atoms with van der Waals surface area (Å²) in [4.78, 5) is 84.2. The van der Waals surface area contributed by atoms with E-state index in [2.05, 4.69) is 21.3 Å². The molecule has 5 atom stereocenters. The summed E-state index contributed by atoms with van der Waals surface area (Å²) in [5.74, 6) is -4.73. The van der Waals surface area contributed by atoms with Crippen molar-refractivity contribution in [2.24, 2.45) is 23.3 Å². The number of aldehydes is 1. The van der Waals surface area contributed by atoms with Crippen LogP contribution >= 0.6 is 0 Å². The highest BCUT2D eigenvalue weighted by Gasteiger charge is 2.33. The highest BCUT2D eigenvalue weighted by atomic mass is 16.2. The van der Waals surface area contributed by atoms with Gasteiger partial charge in [-0.05, 0) is 24.7 Å². The van der Waals surface area contributed by atoms with Crippen molar-refractivity contribution in [3.8, 4) is 0 Å². The van der Waals surface area contributed by atoms with Crippen molar-refractivity contribution >= 4 is 41.7 Å². The SMILES string of the molecule is CCC(C)C(NC(=O)C(CCC(N)=O)NC(=O)C(CCC=O)NC(C)=O)C(=O)NC(C(N)=O)C(C)C. The lowest BCUT2D eigenvalue weighted by molar-refractivity contribution is -0.135. The Kier molecular flexibility index (Phi) is 14.6. The number of carbonyl (C=O) groups excluding carboxylic acids is 7. The van der Waals surface area contributed by atoms with Gasteiger partial charge >= 0.3 is 0 Å². The van der Waals surface area contributed by atoms with Crippen molar-refractivity contribution in [2.45, 2.75) is 90.9 Å².